The Morgan fingerprint density at radius 3 is 2.61 bits per heavy atom. The predicted molar refractivity (Wildman–Crippen MR) is 70.1 cm³/mol. The fourth-order valence-electron chi connectivity index (χ4n) is 2.44. The molecule has 1 aromatic carbocycles. The lowest BCUT2D eigenvalue weighted by atomic mass is 9.99. The van der Waals surface area contributed by atoms with Crippen molar-refractivity contribution < 1.29 is 9.53 Å². The summed E-state index contributed by atoms with van der Waals surface area (Å²) in [6.07, 6.45) is -0.256. The molecule has 2 rings (SSSR count). The highest BCUT2D eigenvalue weighted by atomic mass is 16.6. The van der Waals surface area contributed by atoms with E-state index in [-0.39, 0.29) is 18.2 Å². The van der Waals surface area contributed by atoms with Crippen molar-refractivity contribution in [2.75, 3.05) is 13.2 Å². The number of cyclic esters (lactones) is 1. The number of ether oxygens (including phenoxy) is 1. The molecule has 4 heteroatoms. The van der Waals surface area contributed by atoms with Gasteiger partial charge < -0.3 is 10.5 Å². The Hall–Kier alpha value is -1.55. The largest absolute Gasteiger partial charge is 0.447 e. The second-order valence-corrected chi connectivity index (χ2v) is 4.96. The molecule has 0 bridgehead atoms. The maximum Gasteiger partial charge on any atom is 0.410 e. The number of hydrogen-bond donors (Lipinski definition) is 1. The monoisotopic (exact) mass is 248 g/mol. The number of amides is 1. The van der Waals surface area contributed by atoms with E-state index in [2.05, 4.69) is 13.8 Å². The van der Waals surface area contributed by atoms with Gasteiger partial charge in [-0.1, -0.05) is 44.2 Å². The number of nitrogens with two attached hydrogens (primary N) is 1. The zero-order valence-electron chi connectivity index (χ0n) is 10.9. The van der Waals surface area contributed by atoms with Crippen LogP contribution in [0, 0.1) is 5.92 Å². The molecule has 0 aliphatic carbocycles. The molecule has 2 atom stereocenters. The van der Waals surface area contributed by atoms with Gasteiger partial charge in [-0.05, 0) is 11.5 Å². The quantitative estimate of drug-likeness (QED) is 0.888. The standard InChI is InChI=1S/C14H20N2O2/c1-10(2)12(8-15)16-13(9-18-14(16)17)11-6-4-3-5-7-11/h3-7,10,12-13H,8-9,15H2,1-2H3/t12-,13-/m1/s1. The first-order chi connectivity index (χ1) is 8.65. The molecule has 18 heavy (non-hydrogen) atoms. The Morgan fingerprint density at radius 2 is 2.06 bits per heavy atom. The summed E-state index contributed by atoms with van der Waals surface area (Å²) in [5.74, 6) is 0.312. The van der Waals surface area contributed by atoms with Crippen LogP contribution in [0.5, 0.6) is 0 Å². The van der Waals surface area contributed by atoms with Gasteiger partial charge in [0.15, 0.2) is 0 Å². The van der Waals surface area contributed by atoms with Gasteiger partial charge in [0.1, 0.15) is 6.61 Å². The van der Waals surface area contributed by atoms with E-state index in [1.807, 2.05) is 30.3 Å². The third-order valence-corrected chi connectivity index (χ3v) is 3.46. The molecule has 0 spiro atoms. The van der Waals surface area contributed by atoms with Crippen LogP contribution in [0.3, 0.4) is 0 Å². The highest BCUT2D eigenvalue weighted by Crippen LogP contribution is 2.31. The summed E-state index contributed by atoms with van der Waals surface area (Å²) in [5, 5.41) is 0. The number of carbonyl (C=O) groups excluding carboxylic acids is 1. The van der Waals surface area contributed by atoms with E-state index in [4.69, 9.17) is 10.5 Å². The van der Waals surface area contributed by atoms with E-state index in [1.54, 1.807) is 4.90 Å². The summed E-state index contributed by atoms with van der Waals surface area (Å²) in [5.41, 5.74) is 6.91. The minimum atomic E-state index is -0.256. The molecule has 98 valence electrons. The molecule has 1 amide bonds. The SMILES string of the molecule is CC(C)[C@@H](CN)N1C(=O)OC[C@@H]1c1ccccc1. The first-order valence-corrected chi connectivity index (χ1v) is 6.35. The molecule has 0 saturated carbocycles. The topological polar surface area (TPSA) is 55.6 Å². The van der Waals surface area contributed by atoms with Gasteiger partial charge in [-0.2, -0.15) is 0 Å². The lowest BCUT2D eigenvalue weighted by Gasteiger charge is -2.32. The second kappa shape index (κ2) is 5.40. The third kappa shape index (κ3) is 2.34. The van der Waals surface area contributed by atoms with Crippen molar-refractivity contribution in [3.05, 3.63) is 35.9 Å². The van der Waals surface area contributed by atoms with E-state index in [0.29, 0.717) is 19.1 Å². The van der Waals surface area contributed by atoms with E-state index in [0.717, 1.165) is 5.56 Å². The van der Waals surface area contributed by atoms with Gasteiger partial charge in [-0.25, -0.2) is 4.79 Å². The second-order valence-electron chi connectivity index (χ2n) is 4.96. The van der Waals surface area contributed by atoms with E-state index in [9.17, 15) is 4.79 Å². The molecule has 1 saturated heterocycles. The molecule has 0 aromatic heterocycles. The van der Waals surface area contributed by atoms with Crippen molar-refractivity contribution in [3.63, 3.8) is 0 Å². The van der Waals surface area contributed by atoms with Crippen molar-refractivity contribution in [2.24, 2.45) is 11.7 Å². The number of carbonyl (C=O) groups is 1. The van der Waals surface area contributed by atoms with Gasteiger partial charge in [-0.3, -0.25) is 4.90 Å². The van der Waals surface area contributed by atoms with Crippen LogP contribution in [-0.4, -0.2) is 30.2 Å². The van der Waals surface area contributed by atoms with Gasteiger partial charge >= 0.3 is 6.09 Å². The van der Waals surface area contributed by atoms with E-state index < -0.39 is 0 Å². The molecule has 0 unspecified atom stereocenters. The van der Waals surface area contributed by atoms with Gasteiger partial charge in [0.2, 0.25) is 0 Å². The lowest BCUT2D eigenvalue weighted by molar-refractivity contribution is 0.132. The minimum Gasteiger partial charge on any atom is -0.447 e. The predicted octanol–water partition coefficient (Wildman–Crippen LogP) is 2.16. The van der Waals surface area contributed by atoms with Crippen LogP contribution in [0.1, 0.15) is 25.5 Å². The fourth-order valence-corrected chi connectivity index (χ4v) is 2.44. The van der Waals surface area contributed by atoms with E-state index >= 15 is 0 Å². The van der Waals surface area contributed by atoms with Gasteiger partial charge in [0.25, 0.3) is 0 Å². The summed E-state index contributed by atoms with van der Waals surface area (Å²) in [4.78, 5) is 13.7. The summed E-state index contributed by atoms with van der Waals surface area (Å²) in [6, 6.07) is 9.96. The fraction of sp³-hybridized carbons (Fsp3) is 0.500. The average molecular weight is 248 g/mol. The highest BCUT2D eigenvalue weighted by molar-refractivity contribution is 5.71. The lowest BCUT2D eigenvalue weighted by Crippen LogP contribution is -2.45. The Kier molecular flexibility index (Phi) is 3.87. The number of benzene rings is 1. The molecule has 1 fully saturated rings. The molecular formula is C14H20N2O2. The van der Waals surface area contributed by atoms with Crippen LogP contribution in [-0.2, 0) is 4.74 Å². The molecular weight excluding hydrogens is 228 g/mol. The Morgan fingerprint density at radius 1 is 1.39 bits per heavy atom. The summed E-state index contributed by atoms with van der Waals surface area (Å²) >= 11 is 0. The van der Waals surface area contributed by atoms with Crippen molar-refractivity contribution in [2.45, 2.75) is 25.9 Å². The van der Waals surface area contributed by atoms with Crippen LogP contribution in [0.4, 0.5) is 4.79 Å². The van der Waals surface area contributed by atoms with Crippen molar-refractivity contribution in [3.8, 4) is 0 Å². The van der Waals surface area contributed by atoms with Gasteiger partial charge in [0.05, 0.1) is 12.1 Å². The summed E-state index contributed by atoms with van der Waals surface area (Å²) < 4.78 is 5.20. The van der Waals surface area contributed by atoms with Gasteiger partial charge in [-0.15, -0.1) is 0 Å². The van der Waals surface area contributed by atoms with Crippen LogP contribution >= 0.6 is 0 Å². The minimum absolute atomic E-state index is 0.0187. The molecule has 4 nitrogen and oxygen atoms in total. The van der Waals surface area contributed by atoms with Crippen LogP contribution in [0.25, 0.3) is 0 Å². The number of hydrogen-bond acceptors (Lipinski definition) is 3. The van der Waals surface area contributed by atoms with Crippen molar-refractivity contribution >= 4 is 6.09 Å². The first kappa shape index (κ1) is 12.9. The molecule has 1 aliphatic heterocycles. The normalized spacial score (nSPS) is 21.2. The molecule has 2 N–H and O–H groups in total. The average Bonchev–Trinajstić information content (AvgIpc) is 2.74. The van der Waals surface area contributed by atoms with E-state index in [1.165, 1.54) is 0 Å². The number of rotatable bonds is 4. The smallest absolute Gasteiger partial charge is 0.410 e. The Labute approximate surface area is 108 Å². The zero-order chi connectivity index (χ0) is 13.1. The van der Waals surface area contributed by atoms with Crippen LogP contribution in [0.15, 0.2) is 30.3 Å². The maximum atomic E-state index is 11.9. The Balaban J connectivity index is 2.28. The van der Waals surface area contributed by atoms with Crippen molar-refractivity contribution in [1.29, 1.82) is 0 Å². The van der Waals surface area contributed by atoms with Crippen LogP contribution in [0.2, 0.25) is 0 Å². The third-order valence-electron chi connectivity index (χ3n) is 3.46. The Bertz CT molecular complexity index is 406. The molecule has 1 aliphatic rings. The maximum absolute atomic E-state index is 11.9. The zero-order valence-corrected chi connectivity index (χ0v) is 10.9. The summed E-state index contributed by atoms with van der Waals surface area (Å²) in [7, 11) is 0. The first-order valence-electron chi connectivity index (χ1n) is 6.35. The van der Waals surface area contributed by atoms with Crippen molar-refractivity contribution in [1.82, 2.24) is 4.90 Å². The highest BCUT2D eigenvalue weighted by Gasteiger charge is 2.39. The molecule has 1 heterocycles. The van der Waals surface area contributed by atoms with Crippen LogP contribution < -0.4 is 5.73 Å². The molecule has 1 aromatic rings. The number of nitrogens with zero attached hydrogens (tertiary/aromatic N) is 1. The molecule has 0 radical (unpaired) electrons. The van der Waals surface area contributed by atoms with Gasteiger partial charge in [0, 0.05) is 6.54 Å². The summed E-state index contributed by atoms with van der Waals surface area (Å²) in [6.45, 7) is 5.01.